The lowest BCUT2D eigenvalue weighted by Crippen LogP contribution is -2.51. The van der Waals surface area contributed by atoms with Crippen LogP contribution in [0.2, 0.25) is 0 Å². The number of carbonyl (C=O) groups is 1. The van der Waals surface area contributed by atoms with Crippen LogP contribution in [-0.4, -0.2) is 24.2 Å². The summed E-state index contributed by atoms with van der Waals surface area (Å²) >= 11 is 0. The lowest BCUT2D eigenvalue weighted by Gasteiger charge is -2.27. The zero-order valence-corrected chi connectivity index (χ0v) is 11.9. The molecule has 4 heteroatoms. The molecule has 19 heavy (non-hydrogen) atoms. The van der Waals surface area contributed by atoms with E-state index in [2.05, 4.69) is 40.2 Å². The quantitative estimate of drug-likeness (QED) is 0.760. The maximum atomic E-state index is 11.7. The Kier molecular flexibility index (Phi) is 4.10. The van der Waals surface area contributed by atoms with Gasteiger partial charge in [0.25, 0.3) is 0 Å². The summed E-state index contributed by atoms with van der Waals surface area (Å²) in [6, 6.07) is 8.65. The Balaban J connectivity index is 1.81. The van der Waals surface area contributed by atoms with Gasteiger partial charge in [0.2, 0.25) is 0 Å². The second-order valence-corrected chi connectivity index (χ2v) is 6.14. The van der Waals surface area contributed by atoms with Crippen LogP contribution in [0, 0.1) is 0 Å². The first kappa shape index (κ1) is 13.9. The molecule has 1 aliphatic heterocycles. The molecule has 104 valence electrons. The van der Waals surface area contributed by atoms with Crippen molar-refractivity contribution in [1.29, 1.82) is 0 Å². The van der Waals surface area contributed by atoms with E-state index in [0.29, 0.717) is 12.6 Å². The molecule has 2 amide bonds. The predicted octanol–water partition coefficient (Wildman–Crippen LogP) is 1.80. The van der Waals surface area contributed by atoms with E-state index in [9.17, 15) is 4.79 Å². The van der Waals surface area contributed by atoms with Gasteiger partial charge in [-0.2, -0.15) is 0 Å². The molecule has 1 aliphatic rings. The minimum Gasteiger partial charge on any atom is -0.337 e. The van der Waals surface area contributed by atoms with E-state index in [0.717, 1.165) is 13.0 Å². The SMILES string of the molecule is CC(C)(C)NC(=O)NC[C@@H]1Cc2ccccc2CN1. The average Bonchev–Trinajstić information content (AvgIpc) is 2.34. The fourth-order valence-electron chi connectivity index (χ4n) is 2.27. The number of hydrogen-bond acceptors (Lipinski definition) is 2. The topological polar surface area (TPSA) is 53.2 Å². The van der Waals surface area contributed by atoms with Crippen molar-refractivity contribution < 1.29 is 4.79 Å². The van der Waals surface area contributed by atoms with E-state index in [1.54, 1.807) is 0 Å². The van der Waals surface area contributed by atoms with Gasteiger partial charge in [0, 0.05) is 24.7 Å². The monoisotopic (exact) mass is 261 g/mol. The number of hydrogen-bond donors (Lipinski definition) is 3. The first-order valence-corrected chi connectivity index (χ1v) is 6.80. The lowest BCUT2D eigenvalue weighted by atomic mass is 9.96. The fourth-order valence-corrected chi connectivity index (χ4v) is 2.27. The lowest BCUT2D eigenvalue weighted by molar-refractivity contribution is 0.230. The van der Waals surface area contributed by atoms with Crippen LogP contribution in [-0.2, 0) is 13.0 Å². The van der Waals surface area contributed by atoms with Crippen LogP contribution in [0.25, 0.3) is 0 Å². The van der Waals surface area contributed by atoms with Gasteiger partial charge in [-0.15, -0.1) is 0 Å². The highest BCUT2D eigenvalue weighted by atomic mass is 16.2. The molecular weight excluding hydrogens is 238 g/mol. The highest BCUT2D eigenvalue weighted by Gasteiger charge is 2.19. The molecule has 1 aromatic carbocycles. The first-order valence-electron chi connectivity index (χ1n) is 6.80. The molecule has 0 unspecified atom stereocenters. The zero-order valence-electron chi connectivity index (χ0n) is 11.9. The predicted molar refractivity (Wildman–Crippen MR) is 77.1 cm³/mol. The largest absolute Gasteiger partial charge is 0.337 e. The number of fused-ring (bicyclic) bond motifs is 1. The molecule has 0 bridgehead atoms. The molecule has 0 fully saturated rings. The molecule has 0 aromatic heterocycles. The van der Waals surface area contributed by atoms with E-state index in [1.165, 1.54) is 11.1 Å². The van der Waals surface area contributed by atoms with Crippen molar-refractivity contribution in [2.75, 3.05) is 6.54 Å². The van der Waals surface area contributed by atoms with E-state index >= 15 is 0 Å². The standard InChI is InChI=1S/C15H23N3O/c1-15(2,3)18-14(19)17-10-13-8-11-6-4-5-7-12(11)9-16-13/h4-7,13,16H,8-10H2,1-3H3,(H2,17,18,19)/t13-/m0/s1. The van der Waals surface area contributed by atoms with Gasteiger partial charge in [-0.1, -0.05) is 24.3 Å². The van der Waals surface area contributed by atoms with Crippen molar-refractivity contribution in [3.8, 4) is 0 Å². The van der Waals surface area contributed by atoms with Crippen LogP contribution < -0.4 is 16.0 Å². The van der Waals surface area contributed by atoms with Crippen molar-refractivity contribution in [3.05, 3.63) is 35.4 Å². The third-order valence-electron chi connectivity index (χ3n) is 3.16. The minimum atomic E-state index is -0.198. The summed E-state index contributed by atoms with van der Waals surface area (Å²) in [7, 11) is 0. The maximum Gasteiger partial charge on any atom is 0.315 e. The van der Waals surface area contributed by atoms with Gasteiger partial charge in [0.1, 0.15) is 0 Å². The summed E-state index contributed by atoms with van der Waals surface area (Å²) in [4.78, 5) is 11.7. The second kappa shape index (κ2) is 5.61. The van der Waals surface area contributed by atoms with E-state index < -0.39 is 0 Å². The van der Waals surface area contributed by atoms with Crippen molar-refractivity contribution in [2.24, 2.45) is 0 Å². The Hall–Kier alpha value is -1.55. The molecule has 0 radical (unpaired) electrons. The number of carbonyl (C=O) groups excluding carboxylic acids is 1. The number of urea groups is 1. The van der Waals surface area contributed by atoms with Gasteiger partial charge in [-0.25, -0.2) is 4.79 Å². The van der Waals surface area contributed by atoms with Gasteiger partial charge in [0.05, 0.1) is 0 Å². The third kappa shape index (κ3) is 4.24. The highest BCUT2D eigenvalue weighted by Crippen LogP contribution is 2.15. The van der Waals surface area contributed by atoms with Gasteiger partial charge in [0.15, 0.2) is 0 Å². The van der Waals surface area contributed by atoms with Crippen LogP contribution in [0.5, 0.6) is 0 Å². The van der Waals surface area contributed by atoms with Crippen molar-refractivity contribution in [3.63, 3.8) is 0 Å². The minimum absolute atomic E-state index is 0.104. The van der Waals surface area contributed by atoms with Crippen molar-refractivity contribution in [1.82, 2.24) is 16.0 Å². The molecule has 0 aliphatic carbocycles. The van der Waals surface area contributed by atoms with E-state index in [-0.39, 0.29) is 11.6 Å². The highest BCUT2D eigenvalue weighted by molar-refractivity contribution is 5.74. The number of amides is 2. The molecule has 0 saturated carbocycles. The molecular formula is C15H23N3O. The molecule has 1 heterocycles. The van der Waals surface area contributed by atoms with E-state index in [4.69, 9.17) is 0 Å². The fraction of sp³-hybridized carbons (Fsp3) is 0.533. The summed E-state index contributed by atoms with van der Waals surface area (Å²) < 4.78 is 0. The van der Waals surface area contributed by atoms with Gasteiger partial charge in [-0.05, 0) is 38.3 Å². The Morgan fingerprint density at radius 2 is 2.00 bits per heavy atom. The van der Waals surface area contributed by atoms with Gasteiger partial charge >= 0.3 is 6.03 Å². The molecule has 1 atom stereocenters. The summed E-state index contributed by atoms with van der Waals surface area (Å²) in [6.45, 7) is 7.45. The summed E-state index contributed by atoms with van der Waals surface area (Å²) in [5.41, 5.74) is 2.54. The number of nitrogens with one attached hydrogen (secondary N) is 3. The molecule has 0 saturated heterocycles. The van der Waals surface area contributed by atoms with Crippen molar-refractivity contribution in [2.45, 2.75) is 45.3 Å². The van der Waals surface area contributed by atoms with Crippen LogP contribution in [0.15, 0.2) is 24.3 Å². The summed E-state index contributed by atoms with van der Waals surface area (Å²) in [6.07, 6.45) is 0.964. The maximum absolute atomic E-state index is 11.7. The average molecular weight is 261 g/mol. The molecule has 0 spiro atoms. The van der Waals surface area contributed by atoms with Crippen molar-refractivity contribution >= 4 is 6.03 Å². The Labute approximate surface area is 115 Å². The molecule has 4 nitrogen and oxygen atoms in total. The van der Waals surface area contributed by atoms with Crippen LogP contribution >= 0.6 is 0 Å². The molecule has 3 N–H and O–H groups in total. The molecule has 1 aromatic rings. The Bertz CT molecular complexity index is 451. The third-order valence-corrected chi connectivity index (χ3v) is 3.16. The first-order chi connectivity index (χ1) is 8.94. The van der Waals surface area contributed by atoms with Crippen LogP contribution in [0.4, 0.5) is 4.79 Å². The van der Waals surface area contributed by atoms with Gasteiger partial charge in [-0.3, -0.25) is 0 Å². The van der Waals surface area contributed by atoms with Crippen LogP contribution in [0.3, 0.4) is 0 Å². The second-order valence-electron chi connectivity index (χ2n) is 6.14. The summed E-state index contributed by atoms with van der Waals surface area (Å²) in [5, 5.41) is 9.28. The van der Waals surface area contributed by atoms with Crippen LogP contribution in [0.1, 0.15) is 31.9 Å². The summed E-state index contributed by atoms with van der Waals surface area (Å²) in [5.74, 6) is 0. The van der Waals surface area contributed by atoms with E-state index in [1.807, 2.05) is 20.8 Å². The smallest absolute Gasteiger partial charge is 0.315 e. The normalized spacial score (nSPS) is 18.6. The zero-order chi connectivity index (χ0) is 13.9. The molecule has 2 rings (SSSR count). The number of benzene rings is 1. The van der Waals surface area contributed by atoms with Gasteiger partial charge < -0.3 is 16.0 Å². The number of rotatable bonds is 2. The Morgan fingerprint density at radius 1 is 1.32 bits per heavy atom. The Morgan fingerprint density at radius 3 is 2.68 bits per heavy atom.